The normalized spacial score (nSPS) is 10.8. The van der Waals surface area contributed by atoms with Gasteiger partial charge in [-0.05, 0) is 23.8 Å². The Bertz CT molecular complexity index is 935. The summed E-state index contributed by atoms with van der Waals surface area (Å²) in [4.78, 5) is 26.1. The predicted molar refractivity (Wildman–Crippen MR) is 96.1 cm³/mol. The number of carbonyl (C=O) groups excluding carboxylic acids is 1. The highest BCUT2D eigenvalue weighted by Gasteiger charge is 2.12. The van der Waals surface area contributed by atoms with Crippen molar-refractivity contribution in [1.29, 1.82) is 0 Å². The van der Waals surface area contributed by atoms with Crippen molar-refractivity contribution >= 4 is 28.4 Å². The lowest BCUT2D eigenvalue weighted by molar-refractivity contribution is -0.131. The summed E-state index contributed by atoms with van der Waals surface area (Å²) in [5.74, 6) is -0.0382. The minimum Gasteiger partial charge on any atom is -0.340 e. The van der Waals surface area contributed by atoms with E-state index in [4.69, 9.17) is 11.6 Å². The molecule has 0 N–H and O–H groups in total. The number of carbonyl (C=O) groups is 1. The van der Waals surface area contributed by atoms with Gasteiger partial charge in [-0.2, -0.15) is 0 Å². The van der Waals surface area contributed by atoms with Crippen LogP contribution in [0.4, 0.5) is 0 Å². The van der Waals surface area contributed by atoms with Crippen LogP contribution in [0, 0.1) is 0 Å². The van der Waals surface area contributed by atoms with E-state index in [1.165, 1.54) is 6.07 Å². The Morgan fingerprint density at radius 3 is 2.62 bits per heavy atom. The monoisotopic (exact) mass is 340 g/mol. The lowest BCUT2D eigenvalue weighted by Crippen LogP contribution is -2.30. The number of halogens is 1. The number of nitrogens with zero attached hydrogens (tertiary/aromatic N) is 2. The molecule has 3 rings (SSSR count). The van der Waals surface area contributed by atoms with Crippen LogP contribution in [0.5, 0.6) is 0 Å². The summed E-state index contributed by atoms with van der Waals surface area (Å²) in [5, 5.41) is 1.09. The third-order valence-electron chi connectivity index (χ3n) is 3.93. The van der Waals surface area contributed by atoms with Gasteiger partial charge in [-0.1, -0.05) is 41.9 Å². The molecule has 0 aliphatic heterocycles. The maximum Gasteiger partial charge on any atom is 0.242 e. The summed E-state index contributed by atoms with van der Waals surface area (Å²) < 4.78 is 1.76. The molecule has 1 amide bonds. The van der Waals surface area contributed by atoms with Gasteiger partial charge in [0, 0.05) is 36.3 Å². The highest BCUT2D eigenvalue weighted by atomic mass is 35.5. The zero-order valence-electron chi connectivity index (χ0n) is 13.3. The van der Waals surface area contributed by atoms with E-state index >= 15 is 0 Å². The molecule has 3 aromatic rings. The summed E-state index contributed by atoms with van der Waals surface area (Å²) in [6.45, 7) is 0.693. The quantitative estimate of drug-likeness (QED) is 0.731. The lowest BCUT2D eigenvalue weighted by atomic mass is 10.2. The molecule has 0 aliphatic rings. The number of fused-ring (bicyclic) bond motifs is 1. The topological polar surface area (TPSA) is 42.3 Å². The SMILES string of the molecule is CN(Cc1ccccc1)C(=O)Cn1ccc(=O)c2ccc(Cl)cc21. The number of rotatable bonds is 4. The highest BCUT2D eigenvalue weighted by Crippen LogP contribution is 2.17. The molecule has 0 fully saturated rings. The molecule has 0 bridgehead atoms. The maximum atomic E-state index is 12.5. The van der Waals surface area contributed by atoms with Crippen molar-refractivity contribution in [3.63, 3.8) is 0 Å². The Hall–Kier alpha value is -2.59. The van der Waals surface area contributed by atoms with Gasteiger partial charge in [-0.15, -0.1) is 0 Å². The van der Waals surface area contributed by atoms with Gasteiger partial charge < -0.3 is 9.47 Å². The molecule has 1 heterocycles. The van der Waals surface area contributed by atoms with Gasteiger partial charge in [-0.25, -0.2) is 0 Å². The molecule has 0 unspecified atom stereocenters. The number of pyridine rings is 1. The van der Waals surface area contributed by atoms with E-state index in [1.807, 2.05) is 30.3 Å². The molecule has 0 saturated heterocycles. The Balaban J connectivity index is 1.84. The molecule has 5 heteroatoms. The zero-order chi connectivity index (χ0) is 17.1. The summed E-state index contributed by atoms with van der Waals surface area (Å²) in [6.07, 6.45) is 1.63. The second-order valence-corrected chi connectivity index (χ2v) is 6.14. The maximum absolute atomic E-state index is 12.5. The third kappa shape index (κ3) is 3.49. The summed E-state index contributed by atoms with van der Waals surface area (Å²) >= 11 is 6.04. The van der Waals surface area contributed by atoms with Crippen molar-refractivity contribution in [2.75, 3.05) is 7.05 Å². The number of aromatic nitrogens is 1. The van der Waals surface area contributed by atoms with Crippen molar-refractivity contribution in [2.24, 2.45) is 0 Å². The Morgan fingerprint density at radius 1 is 1.12 bits per heavy atom. The van der Waals surface area contributed by atoms with Crippen molar-refractivity contribution in [2.45, 2.75) is 13.1 Å². The van der Waals surface area contributed by atoms with E-state index < -0.39 is 0 Å². The standard InChI is InChI=1S/C19H17ClN2O2/c1-21(12-14-5-3-2-4-6-14)19(24)13-22-10-9-18(23)16-8-7-15(20)11-17(16)22/h2-11H,12-13H2,1H3. The van der Waals surface area contributed by atoms with E-state index in [9.17, 15) is 9.59 Å². The summed E-state index contributed by atoms with van der Waals surface area (Å²) in [7, 11) is 1.77. The van der Waals surface area contributed by atoms with Gasteiger partial charge in [0.25, 0.3) is 0 Å². The van der Waals surface area contributed by atoms with Gasteiger partial charge >= 0.3 is 0 Å². The molecule has 122 valence electrons. The van der Waals surface area contributed by atoms with Gasteiger partial charge in [0.05, 0.1) is 5.52 Å². The zero-order valence-corrected chi connectivity index (χ0v) is 14.0. The Labute approximate surface area is 144 Å². The molecule has 1 aromatic heterocycles. The van der Waals surface area contributed by atoms with Crippen LogP contribution in [0.15, 0.2) is 65.6 Å². The summed E-state index contributed by atoms with van der Waals surface area (Å²) in [6, 6.07) is 16.4. The van der Waals surface area contributed by atoms with Crippen LogP contribution < -0.4 is 5.43 Å². The van der Waals surface area contributed by atoms with Crippen molar-refractivity contribution < 1.29 is 4.79 Å². The largest absolute Gasteiger partial charge is 0.340 e. The molecule has 0 saturated carbocycles. The smallest absolute Gasteiger partial charge is 0.242 e. The van der Waals surface area contributed by atoms with E-state index in [0.29, 0.717) is 22.5 Å². The second kappa shape index (κ2) is 6.89. The van der Waals surface area contributed by atoms with Gasteiger partial charge in [0.2, 0.25) is 5.91 Å². The van der Waals surface area contributed by atoms with E-state index in [1.54, 1.807) is 40.9 Å². The first kappa shape index (κ1) is 16.3. The number of hydrogen-bond donors (Lipinski definition) is 0. The van der Waals surface area contributed by atoms with Crippen molar-refractivity contribution in [3.05, 3.63) is 81.6 Å². The van der Waals surface area contributed by atoms with Crippen molar-refractivity contribution in [3.8, 4) is 0 Å². The Morgan fingerprint density at radius 2 is 1.88 bits per heavy atom. The van der Waals surface area contributed by atoms with Crippen LogP contribution in [0.1, 0.15) is 5.56 Å². The van der Waals surface area contributed by atoms with Crippen LogP contribution in [0.2, 0.25) is 5.02 Å². The molecular formula is C19H17ClN2O2. The van der Waals surface area contributed by atoms with E-state index in [-0.39, 0.29) is 17.9 Å². The minimum atomic E-state index is -0.0806. The Kier molecular flexibility index (Phi) is 4.67. The lowest BCUT2D eigenvalue weighted by Gasteiger charge is -2.19. The number of likely N-dealkylation sites (N-methyl/N-ethyl adjacent to an activating group) is 1. The molecule has 0 atom stereocenters. The predicted octanol–water partition coefficient (Wildman–Crippen LogP) is 3.31. The number of benzene rings is 2. The first-order chi connectivity index (χ1) is 11.5. The molecule has 0 radical (unpaired) electrons. The van der Waals surface area contributed by atoms with E-state index in [0.717, 1.165) is 5.56 Å². The third-order valence-corrected chi connectivity index (χ3v) is 4.17. The van der Waals surface area contributed by atoms with Crippen LogP contribution in [-0.2, 0) is 17.9 Å². The molecular weight excluding hydrogens is 324 g/mol. The fourth-order valence-electron chi connectivity index (χ4n) is 2.63. The minimum absolute atomic E-state index is 0.0382. The average molecular weight is 341 g/mol. The molecule has 4 nitrogen and oxygen atoms in total. The fraction of sp³-hybridized carbons (Fsp3) is 0.158. The first-order valence-electron chi connectivity index (χ1n) is 7.61. The number of amides is 1. The van der Waals surface area contributed by atoms with Gasteiger partial charge in [-0.3, -0.25) is 9.59 Å². The van der Waals surface area contributed by atoms with E-state index in [2.05, 4.69) is 0 Å². The average Bonchev–Trinajstić information content (AvgIpc) is 2.58. The molecule has 0 spiro atoms. The fourth-order valence-corrected chi connectivity index (χ4v) is 2.79. The van der Waals surface area contributed by atoms with Gasteiger partial charge in [0.15, 0.2) is 5.43 Å². The number of hydrogen-bond acceptors (Lipinski definition) is 2. The van der Waals surface area contributed by atoms with Crippen LogP contribution in [0.3, 0.4) is 0 Å². The molecule has 2 aromatic carbocycles. The molecule has 0 aliphatic carbocycles. The molecule has 24 heavy (non-hydrogen) atoms. The van der Waals surface area contributed by atoms with Crippen molar-refractivity contribution in [1.82, 2.24) is 9.47 Å². The van der Waals surface area contributed by atoms with Crippen LogP contribution >= 0.6 is 11.6 Å². The van der Waals surface area contributed by atoms with Crippen LogP contribution in [0.25, 0.3) is 10.9 Å². The first-order valence-corrected chi connectivity index (χ1v) is 7.99. The van der Waals surface area contributed by atoms with Gasteiger partial charge in [0.1, 0.15) is 6.54 Å². The highest BCUT2D eigenvalue weighted by molar-refractivity contribution is 6.31. The van der Waals surface area contributed by atoms with Crippen LogP contribution in [-0.4, -0.2) is 22.4 Å². The summed E-state index contributed by atoms with van der Waals surface area (Å²) in [5.41, 5.74) is 1.65. The second-order valence-electron chi connectivity index (χ2n) is 5.70.